The highest BCUT2D eigenvalue weighted by Crippen LogP contribution is 2.12. The van der Waals surface area contributed by atoms with Crippen molar-refractivity contribution in [1.29, 1.82) is 0 Å². The van der Waals surface area contributed by atoms with Crippen LogP contribution in [0.5, 0.6) is 0 Å². The van der Waals surface area contributed by atoms with Gasteiger partial charge in [-0.2, -0.15) is 0 Å². The number of carbonyl (C=O) groups excluding carboxylic acids is 2. The number of likely N-dealkylation sites (N-methyl/N-ethyl adjacent to an activating group) is 1. The quantitative estimate of drug-likeness (QED) is 0.810. The average molecular weight is 264 g/mol. The minimum absolute atomic E-state index is 0.119. The molecule has 5 heteroatoms. The zero-order valence-corrected chi connectivity index (χ0v) is 10.9. The molecule has 2 rings (SSSR count). The molecule has 19 heavy (non-hydrogen) atoms. The third-order valence-electron chi connectivity index (χ3n) is 3.28. The van der Waals surface area contributed by atoms with E-state index in [1.807, 2.05) is 0 Å². The van der Waals surface area contributed by atoms with E-state index in [-0.39, 0.29) is 24.1 Å². The predicted octanol–water partition coefficient (Wildman–Crippen LogP) is 1.11. The molecule has 1 aromatic rings. The molecule has 4 nitrogen and oxygen atoms in total. The molecule has 2 amide bonds. The minimum atomic E-state index is -0.409. The number of hydrogen-bond acceptors (Lipinski definition) is 3. The second-order valence-corrected chi connectivity index (χ2v) is 4.56. The predicted molar refractivity (Wildman–Crippen MR) is 68.9 cm³/mol. The first kappa shape index (κ1) is 13.7. The lowest BCUT2D eigenvalue weighted by Gasteiger charge is -2.13. The van der Waals surface area contributed by atoms with Crippen molar-refractivity contribution in [2.45, 2.75) is 25.8 Å². The Balaban J connectivity index is 1.82. The Morgan fingerprint density at radius 3 is 2.58 bits per heavy atom. The van der Waals surface area contributed by atoms with E-state index in [1.54, 1.807) is 19.1 Å². The van der Waals surface area contributed by atoms with Gasteiger partial charge >= 0.3 is 0 Å². The first-order chi connectivity index (χ1) is 9.11. The van der Waals surface area contributed by atoms with E-state index in [9.17, 15) is 14.0 Å². The van der Waals surface area contributed by atoms with Gasteiger partial charge in [-0.25, -0.2) is 4.39 Å². The third kappa shape index (κ3) is 3.17. The summed E-state index contributed by atoms with van der Waals surface area (Å²) in [6, 6.07) is 5.86. The van der Waals surface area contributed by atoms with Crippen LogP contribution >= 0.6 is 0 Å². The normalized spacial score (nSPS) is 19.3. The van der Waals surface area contributed by atoms with E-state index in [0.717, 1.165) is 5.56 Å². The molecule has 1 aliphatic heterocycles. The van der Waals surface area contributed by atoms with Crippen LogP contribution < -0.4 is 5.32 Å². The molecule has 0 saturated carbocycles. The largest absolute Gasteiger partial charge is 0.305 e. The molecular weight excluding hydrogens is 247 g/mol. The highest BCUT2D eigenvalue weighted by atomic mass is 19.1. The van der Waals surface area contributed by atoms with Crippen molar-refractivity contribution in [2.75, 3.05) is 13.1 Å². The van der Waals surface area contributed by atoms with Crippen LogP contribution in [0.15, 0.2) is 24.3 Å². The highest BCUT2D eigenvalue weighted by Gasteiger charge is 2.36. The monoisotopic (exact) mass is 264 g/mol. The highest BCUT2D eigenvalue weighted by molar-refractivity contribution is 6.05. The number of halogens is 1. The fourth-order valence-corrected chi connectivity index (χ4v) is 2.22. The molecule has 1 aromatic carbocycles. The van der Waals surface area contributed by atoms with Crippen molar-refractivity contribution < 1.29 is 14.0 Å². The number of likely N-dealkylation sites (tertiary alicyclic amines) is 1. The second-order valence-electron chi connectivity index (χ2n) is 4.56. The molecule has 1 heterocycles. The number of amides is 2. The molecule has 1 N–H and O–H groups in total. The fraction of sp³-hybridized carbons (Fsp3) is 0.429. The Kier molecular flexibility index (Phi) is 4.27. The van der Waals surface area contributed by atoms with E-state index in [2.05, 4.69) is 5.32 Å². The molecule has 0 aromatic heterocycles. The molecule has 1 fully saturated rings. The SMILES string of the molecule is CCN1C(=O)CC(NCCc2ccc(F)cc2)C1=O. The Hall–Kier alpha value is -1.75. The molecule has 102 valence electrons. The smallest absolute Gasteiger partial charge is 0.246 e. The van der Waals surface area contributed by atoms with E-state index in [1.165, 1.54) is 17.0 Å². The van der Waals surface area contributed by atoms with Crippen molar-refractivity contribution >= 4 is 11.8 Å². The van der Waals surface area contributed by atoms with Crippen LogP contribution in [-0.2, 0) is 16.0 Å². The summed E-state index contributed by atoms with van der Waals surface area (Å²) in [5.41, 5.74) is 0.998. The van der Waals surface area contributed by atoms with Crippen LogP contribution in [0.2, 0.25) is 0 Å². The standard InChI is InChI=1S/C14H17FN2O2/c1-2-17-13(18)9-12(14(17)19)16-8-7-10-3-5-11(15)6-4-10/h3-6,12,16H,2,7-9H2,1H3. The van der Waals surface area contributed by atoms with Gasteiger partial charge in [0.1, 0.15) is 5.82 Å². The van der Waals surface area contributed by atoms with Crippen molar-refractivity contribution in [3.05, 3.63) is 35.6 Å². The topological polar surface area (TPSA) is 49.4 Å². The van der Waals surface area contributed by atoms with Crippen LogP contribution in [-0.4, -0.2) is 35.8 Å². The van der Waals surface area contributed by atoms with E-state index >= 15 is 0 Å². The number of benzene rings is 1. The number of nitrogens with zero attached hydrogens (tertiary/aromatic N) is 1. The average Bonchev–Trinajstić information content (AvgIpc) is 2.66. The summed E-state index contributed by atoms with van der Waals surface area (Å²) in [5.74, 6) is -0.523. The van der Waals surface area contributed by atoms with Gasteiger partial charge in [0.15, 0.2) is 0 Å². The fourth-order valence-electron chi connectivity index (χ4n) is 2.22. The Morgan fingerprint density at radius 1 is 1.32 bits per heavy atom. The van der Waals surface area contributed by atoms with E-state index in [0.29, 0.717) is 19.5 Å². The lowest BCUT2D eigenvalue weighted by atomic mass is 10.1. The summed E-state index contributed by atoms with van der Waals surface area (Å²) in [7, 11) is 0. The number of rotatable bonds is 5. The molecule has 1 aliphatic rings. The maximum atomic E-state index is 12.7. The van der Waals surface area contributed by atoms with Gasteiger partial charge in [0, 0.05) is 6.54 Å². The molecule has 0 aliphatic carbocycles. The lowest BCUT2D eigenvalue weighted by Crippen LogP contribution is -2.39. The van der Waals surface area contributed by atoms with Gasteiger partial charge in [-0.15, -0.1) is 0 Å². The first-order valence-electron chi connectivity index (χ1n) is 6.44. The van der Waals surface area contributed by atoms with Gasteiger partial charge in [0.05, 0.1) is 12.5 Å². The van der Waals surface area contributed by atoms with Crippen LogP contribution in [0.1, 0.15) is 18.9 Å². The van der Waals surface area contributed by atoms with Crippen LogP contribution in [0.3, 0.4) is 0 Å². The van der Waals surface area contributed by atoms with Gasteiger partial charge in [0.2, 0.25) is 11.8 Å². The number of carbonyl (C=O) groups is 2. The zero-order chi connectivity index (χ0) is 13.8. The maximum absolute atomic E-state index is 12.7. The van der Waals surface area contributed by atoms with Crippen LogP contribution in [0, 0.1) is 5.82 Å². The maximum Gasteiger partial charge on any atom is 0.246 e. The Bertz CT molecular complexity index is 473. The van der Waals surface area contributed by atoms with Crippen LogP contribution in [0.4, 0.5) is 4.39 Å². The second kappa shape index (κ2) is 5.93. The van der Waals surface area contributed by atoms with Crippen molar-refractivity contribution in [2.24, 2.45) is 0 Å². The summed E-state index contributed by atoms with van der Waals surface area (Å²) >= 11 is 0. The Morgan fingerprint density at radius 2 is 2.00 bits per heavy atom. The number of imide groups is 1. The van der Waals surface area contributed by atoms with Crippen molar-refractivity contribution in [1.82, 2.24) is 10.2 Å². The summed E-state index contributed by atoms with van der Waals surface area (Å²) in [5, 5.41) is 3.08. The van der Waals surface area contributed by atoms with Crippen LogP contribution in [0.25, 0.3) is 0 Å². The molecule has 1 atom stereocenters. The van der Waals surface area contributed by atoms with E-state index in [4.69, 9.17) is 0 Å². The van der Waals surface area contributed by atoms with Gasteiger partial charge in [-0.05, 0) is 37.6 Å². The third-order valence-corrected chi connectivity index (χ3v) is 3.28. The van der Waals surface area contributed by atoms with Gasteiger partial charge < -0.3 is 5.32 Å². The molecule has 0 spiro atoms. The van der Waals surface area contributed by atoms with Gasteiger partial charge in [-0.1, -0.05) is 12.1 Å². The molecule has 0 bridgehead atoms. The number of nitrogens with one attached hydrogen (secondary N) is 1. The van der Waals surface area contributed by atoms with Crippen molar-refractivity contribution in [3.8, 4) is 0 Å². The molecule has 0 radical (unpaired) electrons. The Labute approximate surface area is 111 Å². The summed E-state index contributed by atoms with van der Waals surface area (Å²) < 4.78 is 12.7. The first-order valence-corrected chi connectivity index (χ1v) is 6.44. The molecular formula is C14H17FN2O2. The summed E-state index contributed by atoms with van der Waals surface area (Å²) in [6.45, 7) is 2.80. The molecule has 1 unspecified atom stereocenters. The van der Waals surface area contributed by atoms with Gasteiger partial charge in [-0.3, -0.25) is 14.5 Å². The lowest BCUT2D eigenvalue weighted by molar-refractivity contribution is -0.138. The van der Waals surface area contributed by atoms with Crippen molar-refractivity contribution in [3.63, 3.8) is 0 Å². The molecule has 1 saturated heterocycles. The van der Waals surface area contributed by atoms with Gasteiger partial charge in [0.25, 0.3) is 0 Å². The van der Waals surface area contributed by atoms with E-state index < -0.39 is 6.04 Å². The zero-order valence-electron chi connectivity index (χ0n) is 10.9. The summed E-state index contributed by atoms with van der Waals surface area (Å²) in [6.07, 6.45) is 0.931. The minimum Gasteiger partial charge on any atom is -0.305 e. The number of hydrogen-bond donors (Lipinski definition) is 1. The summed E-state index contributed by atoms with van der Waals surface area (Å²) in [4.78, 5) is 24.6.